The first kappa shape index (κ1) is 16.1. The highest BCUT2D eigenvalue weighted by Crippen LogP contribution is 2.34. The monoisotopic (exact) mass is 347 g/mol. The van der Waals surface area contributed by atoms with E-state index in [0.29, 0.717) is 11.8 Å². The molecule has 24 heavy (non-hydrogen) atoms. The van der Waals surface area contributed by atoms with Crippen molar-refractivity contribution in [3.8, 4) is 0 Å². The summed E-state index contributed by atoms with van der Waals surface area (Å²) in [5.41, 5.74) is 0.856. The van der Waals surface area contributed by atoms with Crippen molar-refractivity contribution in [2.24, 2.45) is 11.8 Å². The van der Waals surface area contributed by atoms with Gasteiger partial charge in [0.25, 0.3) is 5.91 Å². The van der Waals surface area contributed by atoms with Crippen molar-refractivity contribution in [1.82, 2.24) is 15.2 Å². The topological polar surface area (TPSA) is 62.3 Å². The quantitative estimate of drug-likeness (QED) is 0.890. The Morgan fingerprint density at radius 2 is 1.88 bits per heavy atom. The van der Waals surface area contributed by atoms with E-state index in [2.05, 4.69) is 10.3 Å². The van der Waals surface area contributed by atoms with Crippen LogP contribution in [0.3, 0.4) is 0 Å². The van der Waals surface area contributed by atoms with Gasteiger partial charge >= 0.3 is 0 Å². The third kappa shape index (κ3) is 3.63. The van der Waals surface area contributed by atoms with Crippen LogP contribution >= 0.6 is 11.3 Å². The molecule has 3 aliphatic rings. The number of hydrogen-bond acceptors (Lipinski definition) is 4. The largest absolute Gasteiger partial charge is 0.348 e. The fourth-order valence-corrected chi connectivity index (χ4v) is 4.49. The fourth-order valence-electron chi connectivity index (χ4n) is 3.40. The Morgan fingerprint density at radius 1 is 1.17 bits per heavy atom. The number of rotatable bonds is 5. The lowest BCUT2D eigenvalue weighted by Crippen LogP contribution is -2.47. The molecular weight excluding hydrogens is 322 g/mol. The van der Waals surface area contributed by atoms with Gasteiger partial charge in [-0.3, -0.25) is 9.59 Å². The fraction of sp³-hybridized carbons (Fsp3) is 0.722. The van der Waals surface area contributed by atoms with Crippen LogP contribution < -0.4 is 5.32 Å². The van der Waals surface area contributed by atoms with Crippen molar-refractivity contribution >= 4 is 23.2 Å². The second-order valence-electron chi connectivity index (χ2n) is 7.52. The van der Waals surface area contributed by atoms with Crippen molar-refractivity contribution in [1.29, 1.82) is 0 Å². The predicted molar refractivity (Wildman–Crippen MR) is 93.1 cm³/mol. The van der Waals surface area contributed by atoms with E-state index in [1.807, 2.05) is 11.8 Å². The average molecular weight is 347 g/mol. The Morgan fingerprint density at radius 3 is 2.50 bits per heavy atom. The lowest BCUT2D eigenvalue weighted by molar-refractivity contribution is -0.133. The van der Waals surface area contributed by atoms with E-state index in [9.17, 15) is 9.59 Å². The summed E-state index contributed by atoms with van der Waals surface area (Å²) in [7, 11) is 0. The first-order valence-electron chi connectivity index (χ1n) is 9.16. The number of nitrogens with one attached hydrogen (secondary N) is 1. The molecule has 0 aromatic carbocycles. The van der Waals surface area contributed by atoms with Gasteiger partial charge in [-0.1, -0.05) is 0 Å². The highest BCUT2D eigenvalue weighted by atomic mass is 32.1. The van der Waals surface area contributed by atoms with Crippen LogP contribution in [0.5, 0.6) is 0 Å². The van der Waals surface area contributed by atoms with Gasteiger partial charge in [0.05, 0.1) is 10.7 Å². The number of carbonyl (C=O) groups is 2. The Balaban J connectivity index is 1.30. The van der Waals surface area contributed by atoms with E-state index in [1.165, 1.54) is 12.8 Å². The minimum atomic E-state index is 0.0130. The zero-order chi connectivity index (χ0) is 16.7. The zero-order valence-corrected chi connectivity index (χ0v) is 15.0. The van der Waals surface area contributed by atoms with Crippen LogP contribution in [0.2, 0.25) is 0 Å². The van der Waals surface area contributed by atoms with E-state index < -0.39 is 0 Å². The molecule has 3 fully saturated rings. The number of nitrogens with zero attached hydrogens (tertiary/aromatic N) is 2. The molecule has 0 radical (unpaired) electrons. The molecular formula is C18H25N3O2S. The smallest absolute Gasteiger partial charge is 0.263 e. The molecule has 2 aliphatic carbocycles. The van der Waals surface area contributed by atoms with Gasteiger partial charge in [-0.15, -0.1) is 11.3 Å². The molecule has 1 saturated heterocycles. The summed E-state index contributed by atoms with van der Waals surface area (Å²) < 4.78 is 0. The van der Waals surface area contributed by atoms with Crippen molar-refractivity contribution in [2.45, 2.75) is 57.9 Å². The van der Waals surface area contributed by atoms with E-state index in [1.54, 1.807) is 11.3 Å². The van der Waals surface area contributed by atoms with E-state index in [0.717, 1.165) is 66.7 Å². The average Bonchev–Trinajstić information content (AvgIpc) is 3.47. The second kappa shape index (κ2) is 6.47. The van der Waals surface area contributed by atoms with Crippen LogP contribution in [-0.4, -0.2) is 40.8 Å². The first-order chi connectivity index (χ1) is 11.6. The molecule has 0 spiro atoms. The van der Waals surface area contributed by atoms with Gasteiger partial charge in [-0.2, -0.15) is 0 Å². The van der Waals surface area contributed by atoms with Gasteiger partial charge in [-0.05, 0) is 51.4 Å². The van der Waals surface area contributed by atoms with Gasteiger partial charge < -0.3 is 10.2 Å². The highest BCUT2D eigenvalue weighted by Gasteiger charge is 2.35. The van der Waals surface area contributed by atoms with Crippen LogP contribution in [0, 0.1) is 18.8 Å². The van der Waals surface area contributed by atoms with Gasteiger partial charge in [0.2, 0.25) is 5.91 Å². The van der Waals surface area contributed by atoms with Gasteiger partial charge in [0, 0.05) is 31.5 Å². The molecule has 2 amide bonds. The third-order valence-electron chi connectivity index (χ3n) is 5.28. The molecule has 130 valence electrons. The van der Waals surface area contributed by atoms with Crippen LogP contribution in [0.15, 0.2) is 0 Å². The number of likely N-dealkylation sites (tertiary alicyclic amines) is 1. The first-order valence-corrected chi connectivity index (χ1v) is 9.97. The molecule has 1 aliphatic heterocycles. The molecule has 0 atom stereocenters. The minimum absolute atomic E-state index is 0.0130. The number of thiazole rings is 1. The van der Waals surface area contributed by atoms with Gasteiger partial charge in [-0.25, -0.2) is 4.98 Å². The number of aromatic nitrogens is 1. The number of piperidine rings is 1. The van der Waals surface area contributed by atoms with Crippen molar-refractivity contribution in [2.75, 3.05) is 13.1 Å². The maximum atomic E-state index is 12.6. The van der Waals surface area contributed by atoms with Crippen LogP contribution in [0.4, 0.5) is 0 Å². The van der Waals surface area contributed by atoms with E-state index in [4.69, 9.17) is 0 Å². The molecule has 6 heteroatoms. The molecule has 4 rings (SSSR count). The lowest BCUT2D eigenvalue weighted by atomic mass is 10.0. The van der Waals surface area contributed by atoms with Crippen LogP contribution in [0.1, 0.15) is 58.9 Å². The summed E-state index contributed by atoms with van der Waals surface area (Å²) in [6, 6.07) is 0.175. The molecule has 1 N–H and O–H groups in total. The second-order valence-corrected chi connectivity index (χ2v) is 8.60. The van der Waals surface area contributed by atoms with Crippen LogP contribution in [-0.2, 0) is 11.2 Å². The Hall–Kier alpha value is -1.43. The molecule has 2 heterocycles. The minimum Gasteiger partial charge on any atom is -0.348 e. The Bertz CT molecular complexity index is 641. The normalized spacial score (nSPS) is 21.8. The van der Waals surface area contributed by atoms with Gasteiger partial charge in [0.15, 0.2) is 0 Å². The van der Waals surface area contributed by atoms with Crippen LogP contribution in [0.25, 0.3) is 0 Å². The molecule has 0 unspecified atom stereocenters. The zero-order valence-electron chi connectivity index (χ0n) is 14.2. The maximum absolute atomic E-state index is 12.6. The Labute approximate surface area is 146 Å². The van der Waals surface area contributed by atoms with Gasteiger partial charge in [0.1, 0.15) is 4.88 Å². The van der Waals surface area contributed by atoms with E-state index in [-0.39, 0.29) is 11.9 Å². The summed E-state index contributed by atoms with van der Waals surface area (Å²) in [6.07, 6.45) is 7.47. The lowest BCUT2D eigenvalue weighted by Gasteiger charge is -2.32. The predicted octanol–water partition coefficient (Wildman–Crippen LogP) is 2.53. The molecule has 1 aromatic rings. The molecule has 2 saturated carbocycles. The number of aryl methyl sites for hydroxylation is 1. The summed E-state index contributed by atoms with van der Waals surface area (Å²) in [6.45, 7) is 3.47. The summed E-state index contributed by atoms with van der Waals surface area (Å²) in [4.78, 5) is 32.0. The van der Waals surface area contributed by atoms with Crippen molar-refractivity contribution in [3.05, 3.63) is 15.6 Å². The summed E-state index contributed by atoms with van der Waals surface area (Å²) >= 11 is 1.55. The van der Waals surface area contributed by atoms with E-state index >= 15 is 0 Å². The Kier molecular flexibility index (Phi) is 4.33. The molecule has 5 nitrogen and oxygen atoms in total. The maximum Gasteiger partial charge on any atom is 0.263 e. The summed E-state index contributed by atoms with van der Waals surface area (Å²) in [5.74, 6) is 1.42. The SMILES string of the molecule is Cc1nc(CC2CC2)sc1C(=O)NC1CCN(C(=O)C2CC2)CC1. The summed E-state index contributed by atoms with van der Waals surface area (Å²) in [5, 5.41) is 4.26. The molecule has 1 aromatic heterocycles. The third-order valence-corrected chi connectivity index (χ3v) is 6.45. The highest BCUT2D eigenvalue weighted by molar-refractivity contribution is 7.13. The molecule has 0 bridgehead atoms. The van der Waals surface area contributed by atoms with Crippen molar-refractivity contribution < 1.29 is 9.59 Å². The standard InChI is InChI=1S/C18H25N3O2S/c1-11-16(24-15(19-11)10-12-2-3-12)17(22)20-14-6-8-21(9-7-14)18(23)13-4-5-13/h12-14H,2-10H2,1H3,(H,20,22). The number of amides is 2. The number of hydrogen-bond donors (Lipinski definition) is 1. The number of carbonyl (C=O) groups excluding carboxylic acids is 2. The van der Waals surface area contributed by atoms with Crippen molar-refractivity contribution in [3.63, 3.8) is 0 Å².